The monoisotopic (exact) mass is 400 g/mol. The quantitative estimate of drug-likeness (QED) is 0.239. The summed E-state index contributed by atoms with van der Waals surface area (Å²) >= 11 is 0. The second kappa shape index (κ2) is 7.98. The molecular formula is C13H15F3N2O5S2. The number of rotatable bonds is 6. The highest BCUT2D eigenvalue weighted by molar-refractivity contribution is 8.31. The van der Waals surface area contributed by atoms with Crippen LogP contribution in [0.3, 0.4) is 0 Å². The van der Waals surface area contributed by atoms with Gasteiger partial charge in [0.2, 0.25) is 0 Å². The average molecular weight is 400 g/mol. The molecule has 0 bridgehead atoms. The van der Waals surface area contributed by atoms with E-state index in [9.17, 15) is 30.0 Å². The molecule has 0 aromatic heterocycles. The van der Waals surface area contributed by atoms with Crippen molar-refractivity contribution < 1.29 is 39.5 Å². The topological polar surface area (TPSA) is 114 Å². The summed E-state index contributed by atoms with van der Waals surface area (Å²) in [6.45, 7) is 1.81. The molecule has 12 heteroatoms. The van der Waals surface area contributed by atoms with Crippen LogP contribution in [0.1, 0.15) is 26.2 Å². The van der Waals surface area contributed by atoms with Crippen LogP contribution in [0.2, 0.25) is 0 Å². The maximum Gasteiger partial charge on any atom is 0.573 e. The van der Waals surface area contributed by atoms with E-state index in [0.717, 1.165) is 12.1 Å². The van der Waals surface area contributed by atoms with E-state index in [1.165, 1.54) is 0 Å². The zero-order valence-electron chi connectivity index (χ0n) is 13.0. The maximum atomic E-state index is 12.3. The third kappa shape index (κ3) is 5.83. The van der Waals surface area contributed by atoms with Crippen molar-refractivity contribution in [1.82, 2.24) is 0 Å². The van der Waals surface area contributed by atoms with Crippen LogP contribution >= 0.6 is 0 Å². The summed E-state index contributed by atoms with van der Waals surface area (Å²) in [6.07, 6.45) is -3.57. The molecule has 7 nitrogen and oxygen atoms in total. The lowest BCUT2D eigenvalue weighted by Gasteiger charge is -2.08. The molecule has 0 amide bonds. The van der Waals surface area contributed by atoms with Crippen molar-refractivity contribution in [3.8, 4) is 5.75 Å². The Kier molecular flexibility index (Phi) is 6.75. The third-order valence-electron chi connectivity index (χ3n) is 2.96. The lowest BCUT2D eigenvalue weighted by atomic mass is 10.3. The summed E-state index contributed by atoms with van der Waals surface area (Å²) in [6, 6.07) is 2.87. The van der Waals surface area contributed by atoms with Gasteiger partial charge in [-0.2, -0.15) is 0 Å². The Bertz CT molecular complexity index is 856. The Morgan fingerprint density at radius 2 is 1.68 bits per heavy atom. The summed E-state index contributed by atoms with van der Waals surface area (Å²) in [7, 11) is -9.12. The fourth-order valence-corrected chi connectivity index (χ4v) is 5.40. The molecule has 0 saturated carbocycles. The average Bonchev–Trinajstić information content (AvgIpc) is 2.46. The minimum absolute atomic E-state index is 0.172. The lowest BCUT2D eigenvalue weighted by molar-refractivity contribution is -0.274. The van der Waals surface area contributed by atoms with Crippen LogP contribution in [0.5, 0.6) is 5.75 Å². The molecule has 0 aliphatic rings. The Hall–Kier alpha value is -1.91. The molecule has 25 heavy (non-hydrogen) atoms. The van der Waals surface area contributed by atoms with Gasteiger partial charge in [-0.1, -0.05) is 19.8 Å². The van der Waals surface area contributed by atoms with Crippen molar-refractivity contribution >= 4 is 24.1 Å². The van der Waals surface area contributed by atoms with E-state index in [0.29, 0.717) is 25.0 Å². The molecule has 0 spiro atoms. The first-order valence-electron chi connectivity index (χ1n) is 6.99. The number of halogens is 3. The predicted octanol–water partition coefficient (Wildman–Crippen LogP) is 2.55. The van der Waals surface area contributed by atoms with Gasteiger partial charge in [-0.3, -0.25) is 0 Å². The molecule has 0 saturated heterocycles. The van der Waals surface area contributed by atoms with Gasteiger partial charge in [-0.05, 0) is 30.7 Å². The van der Waals surface area contributed by atoms with E-state index in [1.54, 1.807) is 0 Å². The number of unbranched alkanes of at least 4 members (excludes halogenated alkanes) is 2. The number of ether oxygens (including phenoxy) is 1. The van der Waals surface area contributed by atoms with Gasteiger partial charge in [0, 0.05) is 0 Å². The maximum absolute atomic E-state index is 12.3. The van der Waals surface area contributed by atoms with Crippen molar-refractivity contribution in [3.63, 3.8) is 0 Å². The van der Waals surface area contributed by atoms with Gasteiger partial charge in [-0.25, -0.2) is 16.8 Å². The van der Waals surface area contributed by atoms with Gasteiger partial charge in [0.25, 0.3) is 19.7 Å². The number of hydrogen-bond acceptors (Lipinski definition) is 5. The van der Waals surface area contributed by atoms with Gasteiger partial charge in [0.05, 0.1) is 10.6 Å². The molecule has 0 heterocycles. The zero-order valence-corrected chi connectivity index (χ0v) is 14.7. The molecule has 1 aromatic carbocycles. The summed E-state index contributed by atoms with van der Waals surface area (Å²) < 4.78 is 87.2. The van der Waals surface area contributed by atoms with Crippen LogP contribution in [-0.2, 0) is 19.7 Å². The van der Waals surface area contributed by atoms with Gasteiger partial charge in [0.1, 0.15) is 5.75 Å². The highest BCUT2D eigenvalue weighted by Crippen LogP contribution is 2.25. The Labute approximate surface area is 142 Å². The van der Waals surface area contributed by atoms with Crippen molar-refractivity contribution in [3.05, 3.63) is 29.8 Å². The SMILES string of the molecule is CCCCCS(=O)(=O)C(=[N+]=[N-])S(=O)(=O)c1ccc(OC(F)(F)F)cc1. The van der Waals surface area contributed by atoms with Crippen molar-refractivity contribution in [2.45, 2.75) is 37.4 Å². The van der Waals surface area contributed by atoms with E-state index < -0.39 is 46.8 Å². The number of benzene rings is 1. The molecule has 140 valence electrons. The predicted molar refractivity (Wildman–Crippen MR) is 82.2 cm³/mol. The van der Waals surface area contributed by atoms with Crippen LogP contribution in [-0.4, -0.2) is 38.1 Å². The fourth-order valence-electron chi connectivity index (χ4n) is 1.83. The van der Waals surface area contributed by atoms with Gasteiger partial charge >= 0.3 is 10.7 Å². The minimum atomic E-state index is -4.96. The standard InChI is InChI=1S/C13H15F3N2O5S2/c1-2-3-4-9-24(19,20)12(18-17)25(21,22)11-7-5-10(6-8-11)23-13(14,15)16/h5-8H,2-4,9H2,1H3. The van der Waals surface area contributed by atoms with E-state index in [-0.39, 0.29) is 6.42 Å². The zero-order chi connectivity index (χ0) is 19.3. The fraction of sp³-hybridized carbons (Fsp3) is 0.462. The molecule has 0 N–H and O–H groups in total. The Morgan fingerprint density at radius 1 is 1.12 bits per heavy atom. The van der Waals surface area contributed by atoms with Crippen LogP contribution in [0.4, 0.5) is 13.2 Å². The second-order valence-corrected chi connectivity index (χ2v) is 9.06. The highest BCUT2D eigenvalue weighted by atomic mass is 32.3. The smallest absolute Gasteiger partial charge is 0.406 e. The molecule has 0 atom stereocenters. The molecule has 0 aliphatic heterocycles. The largest absolute Gasteiger partial charge is 0.573 e. The summed E-state index contributed by atoms with van der Waals surface area (Å²) in [5.41, 5.74) is 8.88. The van der Waals surface area contributed by atoms with Crippen molar-refractivity contribution in [1.29, 1.82) is 0 Å². The molecule has 0 unspecified atom stereocenters. The molecular weight excluding hydrogens is 385 g/mol. The minimum Gasteiger partial charge on any atom is -0.406 e. The Balaban J connectivity index is 3.15. The van der Waals surface area contributed by atoms with Crippen molar-refractivity contribution in [2.75, 3.05) is 5.75 Å². The summed E-state index contributed by atoms with van der Waals surface area (Å²) in [5, 5.41) is 0. The summed E-state index contributed by atoms with van der Waals surface area (Å²) in [5.74, 6) is -1.21. The Morgan fingerprint density at radius 3 is 2.12 bits per heavy atom. The van der Waals surface area contributed by atoms with Gasteiger partial charge in [-0.15, -0.1) is 18.0 Å². The van der Waals surface area contributed by atoms with E-state index in [1.807, 2.05) is 6.92 Å². The number of alkyl halides is 3. The van der Waals surface area contributed by atoms with Crippen molar-refractivity contribution in [2.24, 2.45) is 0 Å². The highest BCUT2D eigenvalue weighted by Gasteiger charge is 2.42. The van der Waals surface area contributed by atoms with Crippen LogP contribution in [0, 0.1) is 0 Å². The first-order chi connectivity index (χ1) is 11.4. The first-order valence-corrected chi connectivity index (χ1v) is 10.1. The van der Waals surface area contributed by atoms with Gasteiger partial charge < -0.3 is 10.3 Å². The number of sulfone groups is 2. The van der Waals surface area contributed by atoms with E-state index in [2.05, 4.69) is 9.53 Å². The first kappa shape index (κ1) is 21.1. The molecule has 0 aliphatic carbocycles. The van der Waals surface area contributed by atoms with Crippen LogP contribution in [0.15, 0.2) is 29.2 Å². The molecule has 0 fully saturated rings. The van der Waals surface area contributed by atoms with E-state index in [4.69, 9.17) is 5.53 Å². The molecule has 0 radical (unpaired) electrons. The summed E-state index contributed by atoms with van der Waals surface area (Å²) in [4.78, 5) is 1.75. The second-order valence-electron chi connectivity index (χ2n) is 4.91. The van der Waals surface area contributed by atoms with Crippen LogP contribution < -0.4 is 4.74 Å². The van der Waals surface area contributed by atoms with Crippen LogP contribution in [0.25, 0.3) is 5.53 Å². The van der Waals surface area contributed by atoms with E-state index >= 15 is 0 Å². The number of nitrogens with zero attached hydrogens (tertiary/aromatic N) is 2. The molecule has 1 rings (SSSR count). The third-order valence-corrected chi connectivity index (χ3v) is 7.26. The number of hydrogen-bond donors (Lipinski definition) is 0. The molecule has 1 aromatic rings. The normalized spacial score (nSPS) is 12.5. The lowest BCUT2D eigenvalue weighted by Crippen LogP contribution is -2.28. The van der Waals surface area contributed by atoms with Gasteiger partial charge in [0.15, 0.2) is 0 Å².